The summed E-state index contributed by atoms with van der Waals surface area (Å²) in [5.41, 5.74) is 1.01. The fraction of sp³-hybridized carbons (Fsp3) is 0.286. The molecule has 2 aromatic rings. The average Bonchev–Trinajstić information content (AvgIpc) is 2.46. The van der Waals surface area contributed by atoms with Crippen molar-refractivity contribution < 1.29 is 14.2 Å². The summed E-state index contributed by atoms with van der Waals surface area (Å²) in [7, 11) is 4.67. The molecule has 1 aromatic heterocycles. The molecule has 0 unspecified atom stereocenters. The van der Waals surface area contributed by atoms with Gasteiger partial charge in [0, 0.05) is 24.9 Å². The zero-order valence-corrected chi connectivity index (χ0v) is 12.1. The van der Waals surface area contributed by atoms with Crippen LogP contribution in [0, 0.1) is 0 Å². The molecule has 2 N–H and O–H groups in total. The molecule has 1 heterocycles. The molecular weight excluding hydrogens is 274 g/mol. The standard InChI is InChI=1S/C14H17N3O4/c1-19-8-10-7-13(18)17-14(16-10)15-9-4-5-11(20-2)12(6-9)21-3/h4-7H,8H2,1-3H3,(H2,15,16,17,18). The third-order valence-corrected chi connectivity index (χ3v) is 2.73. The molecule has 2 rings (SSSR count). The number of aromatic nitrogens is 2. The van der Waals surface area contributed by atoms with Gasteiger partial charge >= 0.3 is 0 Å². The number of benzene rings is 1. The van der Waals surface area contributed by atoms with Crippen molar-refractivity contribution in [3.63, 3.8) is 0 Å². The Morgan fingerprint density at radius 1 is 1.14 bits per heavy atom. The number of nitrogens with one attached hydrogen (secondary N) is 2. The van der Waals surface area contributed by atoms with Crippen molar-refractivity contribution in [1.82, 2.24) is 9.97 Å². The second-order valence-electron chi connectivity index (χ2n) is 4.21. The molecule has 0 radical (unpaired) electrons. The Hall–Kier alpha value is -2.54. The minimum absolute atomic E-state index is 0.250. The normalized spacial score (nSPS) is 10.2. The smallest absolute Gasteiger partial charge is 0.252 e. The molecule has 7 nitrogen and oxygen atoms in total. The number of aromatic amines is 1. The molecule has 0 spiro atoms. The van der Waals surface area contributed by atoms with Crippen molar-refractivity contribution in [2.24, 2.45) is 0 Å². The number of rotatable bonds is 6. The van der Waals surface area contributed by atoms with Crippen molar-refractivity contribution in [3.8, 4) is 11.5 Å². The van der Waals surface area contributed by atoms with Crippen LogP contribution in [0.2, 0.25) is 0 Å². The van der Waals surface area contributed by atoms with E-state index in [0.29, 0.717) is 28.8 Å². The lowest BCUT2D eigenvalue weighted by molar-refractivity contribution is 0.181. The molecule has 0 amide bonds. The number of hydrogen-bond acceptors (Lipinski definition) is 6. The van der Waals surface area contributed by atoms with Crippen LogP contribution in [0.25, 0.3) is 0 Å². The average molecular weight is 291 g/mol. The van der Waals surface area contributed by atoms with Gasteiger partial charge in [-0.25, -0.2) is 4.98 Å². The summed E-state index contributed by atoms with van der Waals surface area (Å²) in [6, 6.07) is 6.70. The van der Waals surface area contributed by atoms with E-state index in [0.717, 1.165) is 0 Å². The van der Waals surface area contributed by atoms with Gasteiger partial charge in [0.25, 0.3) is 5.56 Å². The fourth-order valence-corrected chi connectivity index (χ4v) is 1.84. The highest BCUT2D eigenvalue weighted by atomic mass is 16.5. The number of nitrogens with zero attached hydrogens (tertiary/aromatic N) is 1. The van der Waals surface area contributed by atoms with E-state index in [9.17, 15) is 4.79 Å². The molecule has 0 bridgehead atoms. The van der Waals surface area contributed by atoms with Gasteiger partial charge in [0.15, 0.2) is 11.5 Å². The zero-order chi connectivity index (χ0) is 15.2. The lowest BCUT2D eigenvalue weighted by atomic mass is 10.3. The number of hydrogen-bond donors (Lipinski definition) is 2. The quantitative estimate of drug-likeness (QED) is 0.842. The highest BCUT2D eigenvalue weighted by Gasteiger charge is 2.06. The summed E-state index contributed by atoms with van der Waals surface area (Å²) < 4.78 is 15.4. The Kier molecular flexibility index (Phi) is 4.78. The minimum atomic E-state index is -0.250. The first-order valence-corrected chi connectivity index (χ1v) is 6.24. The summed E-state index contributed by atoms with van der Waals surface area (Å²) in [5.74, 6) is 1.54. The molecule has 0 saturated carbocycles. The maximum Gasteiger partial charge on any atom is 0.252 e. The van der Waals surface area contributed by atoms with Crippen molar-refractivity contribution in [2.45, 2.75) is 6.61 Å². The molecule has 7 heteroatoms. The maximum atomic E-state index is 11.6. The number of methoxy groups -OCH3 is 3. The van der Waals surface area contributed by atoms with E-state index >= 15 is 0 Å². The Morgan fingerprint density at radius 2 is 1.90 bits per heavy atom. The first-order valence-electron chi connectivity index (χ1n) is 6.24. The Balaban J connectivity index is 2.27. The second kappa shape index (κ2) is 6.76. The van der Waals surface area contributed by atoms with Crippen molar-refractivity contribution in [1.29, 1.82) is 0 Å². The van der Waals surface area contributed by atoms with Gasteiger partial charge in [-0.3, -0.25) is 9.78 Å². The Bertz CT molecular complexity index is 670. The lowest BCUT2D eigenvalue weighted by Gasteiger charge is -2.11. The summed E-state index contributed by atoms with van der Waals surface area (Å²) in [5, 5.41) is 3.01. The van der Waals surface area contributed by atoms with E-state index in [1.807, 2.05) is 0 Å². The van der Waals surface area contributed by atoms with E-state index in [-0.39, 0.29) is 12.2 Å². The first-order chi connectivity index (χ1) is 10.2. The van der Waals surface area contributed by atoms with Crippen molar-refractivity contribution in [2.75, 3.05) is 26.6 Å². The number of ether oxygens (including phenoxy) is 3. The minimum Gasteiger partial charge on any atom is -0.493 e. The van der Waals surface area contributed by atoms with Crippen LogP contribution in [0.1, 0.15) is 5.69 Å². The van der Waals surface area contributed by atoms with Gasteiger partial charge in [0.2, 0.25) is 5.95 Å². The Morgan fingerprint density at radius 3 is 2.57 bits per heavy atom. The van der Waals surface area contributed by atoms with E-state index in [4.69, 9.17) is 14.2 Å². The topological polar surface area (TPSA) is 85.5 Å². The molecule has 0 aliphatic heterocycles. The lowest BCUT2D eigenvalue weighted by Crippen LogP contribution is -2.12. The van der Waals surface area contributed by atoms with Crippen LogP contribution >= 0.6 is 0 Å². The molecule has 0 aliphatic carbocycles. The van der Waals surface area contributed by atoms with Crippen molar-refractivity contribution in [3.05, 3.63) is 40.3 Å². The van der Waals surface area contributed by atoms with Crippen LogP contribution in [0.4, 0.5) is 11.6 Å². The zero-order valence-electron chi connectivity index (χ0n) is 12.1. The SMILES string of the molecule is COCc1cc(=O)[nH]c(Nc2ccc(OC)c(OC)c2)n1. The van der Waals surface area contributed by atoms with Gasteiger partial charge in [0.05, 0.1) is 26.5 Å². The first kappa shape index (κ1) is 14.9. The van der Waals surface area contributed by atoms with Gasteiger partial charge in [0.1, 0.15) is 0 Å². The predicted molar refractivity (Wildman–Crippen MR) is 78.4 cm³/mol. The van der Waals surface area contributed by atoms with E-state index in [1.165, 1.54) is 6.07 Å². The monoisotopic (exact) mass is 291 g/mol. The van der Waals surface area contributed by atoms with Crippen LogP contribution < -0.4 is 20.3 Å². The molecule has 1 aromatic carbocycles. The highest BCUT2D eigenvalue weighted by molar-refractivity contribution is 5.59. The van der Waals surface area contributed by atoms with E-state index in [2.05, 4.69) is 15.3 Å². The molecule has 112 valence electrons. The van der Waals surface area contributed by atoms with Gasteiger partial charge in [-0.05, 0) is 12.1 Å². The third-order valence-electron chi connectivity index (χ3n) is 2.73. The highest BCUT2D eigenvalue weighted by Crippen LogP contribution is 2.30. The second-order valence-corrected chi connectivity index (χ2v) is 4.21. The Labute approximate surface area is 121 Å². The molecule has 21 heavy (non-hydrogen) atoms. The van der Waals surface area contributed by atoms with Crippen molar-refractivity contribution >= 4 is 11.6 Å². The van der Waals surface area contributed by atoms with Gasteiger partial charge in [-0.1, -0.05) is 0 Å². The maximum absolute atomic E-state index is 11.6. The van der Waals surface area contributed by atoms with Crippen LogP contribution in [-0.2, 0) is 11.3 Å². The summed E-state index contributed by atoms with van der Waals surface area (Å²) in [6.45, 7) is 0.268. The van der Waals surface area contributed by atoms with E-state index < -0.39 is 0 Å². The molecular formula is C14H17N3O4. The number of H-pyrrole nitrogens is 1. The molecule has 0 atom stereocenters. The van der Waals surface area contributed by atoms with Crippen LogP contribution in [0.3, 0.4) is 0 Å². The van der Waals surface area contributed by atoms with Gasteiger partial charge in [-0.15, -0.1) is 0 Å². The predicted octanol–water partition coefficient (Wildman–Crippen LogP) is 1.68. The number of anilines is 2. The third kappa shape index (κ3) is 3.73. The van der Waals surface area contributed by atoms with Gasteiger partial charge < -0.3 is 19.5 Å². The molecule has 0 saturated heterocycles. The summed E-state index contributed by atoms with van der Waals surface area (Å²) in [4.78, 5) is 18.4. The molecule has 0 aliphatic rings. The summed E-state index contributed by atoms with van der Waals surface area (Å²) in [6.07, 6.45) is 0. The molecule has 0 fully saturated rings. The fourth-order valence-electron chi connectivity index (χ4n) is 1.84. The van der Waals surface area contributed by atoms with Crippen LogP contribution in [0.5, 0.6) is 11.5 Å². The van der Waals surface area contributed by atoms with E-state index in [1.54, 1.807) is 39.5 Å². The summed E-state index contributed by atoms with van der Waals surface area (Å²) >= 11 is 0. The van der Waals surface area contributed by atoms with Crippen LogP contribution in [0.15, 0.2) is 29.1 Å². The van der Waals surface area contributed by atoms with Crippen LogP contribution in [-0.4, -0.2) is 31.3 Å². The van der Waals surface area contributed by atoms with Gasteiger partial charge in [-0.2, -0.15) is 0 Å². The largest absolute Gasteiger partial charge is 0.493 e.